The topological polar surface area (TPSA) is 111 Å². The summed E-state index contributed by atoms with van der Waals surface area (Å²) < 4.78 is 33.0. The van der Waals surface area contributed by atoms with Crippen LogP contribution in [0.4, 0.5) is 0 Å². The molecular weight excluding hydrogens is 372 g/mol. The third kappa shape index (κ3) is 4.99. The van der Waals surface area contributed by atoms with Gasteiger partial charge in [-0.25, -0.2) is 8.42 Å². The fourth-order valence-corrected chi connectivity index (χ4v) is 4.74. The monoisotopic (exact) mass is 390 g/mol. The number of amides is 2. The van der Waals surface area contributed by atoms with Gasteiger partial charge < -0.3 is 9.47 Å². The van der Waals surface area contributed by atoms with Crippen LogP contribution >= 0.6 is 11.6 Å². The molecule has 0 aliphatic carbocycles. The highest BCUT2D eigenvalue weighted by Gasteiger charge is 2.29. The molecular formula is C15H19ClN2O6S. The summed E-state index contributed by atoms with van der Waals surface area (Å²) in [7, 11) is -0.209. The van der Waals surface area contributed by atoms with E-state index >= 15 is 0 Å². The van der Waals surface area contributed by atoms with Gasteiger partial charge in [-0.3, -0.25) is 20.4 Å². The van der Waals surface area contributed by atoms with Crippen molar-refractivity contribution in [3.8, 4) is 11.5 Å². The van der Waals surface area contributed by atoms with Gasteiger partial charge in [0.2, 0.25) is 5.91 Å². The van der Waals surface area contributed by atoms with E-state index in [-0.39, 0.29) is 40.2 Å². The summed E-state index contributed by atoms with van der Waals surface area (Å²) in [4.78, 5) is 24.0. The van der Waals surface area contributed by atoms with Gasteiger partial charge >= 0.3 is 0 Å². The van der Waals surface area contributed by atoms with Gasteiger partial charge in [0, 0.05) is 12.0 Å². The molecule has 0 aromatic heterocycles. The minimum absolute atomic E-state index is 0.000344. The number of hydrogen-bond acceptors (Lipinski definition) is 6. The molecule has 1 aromatic rings. The van der Waals surface area contributed by atoms with Gasteiger partial charge in [-0.2, -0.15) is 0 Å². The minimum Gasteiger partial charge on any atom is -0.493 e. The molecule has 2 amide bonds. The molecule has 0 spiro atoms. The van der Waals surface area contributed by atoms with Gasteiger partial charge in [0.05, 0.1) is 30.7 Å². The lowest BCUT2D eigenvalue weighted by atomic mass is 10.1. The maximum absolute atomic E-state index is 12.1. The van der Waals surface area contributed by atoms with E-state index in [4.69, 9.17) is 21.1 Å². The van der Waals surface area contributed by atoms with Crippen LogP contribution in [0.15, 0.2) is 12.1 Å². The number of carbonyl (C=O) groups excluding carboxylic acids is 2. The van der Waals surface area contributed by atoms with E-state index in [0.717, 1.165) is 0 Å². The van der Waals surface area contributed by atoms with Gasteiger partial charge in [-0.1, -0.05) is 11.6 Å². The average Bonchev–Trinajstić information content (AvgIpc) is 2.90. The van der Waals surface area contributed by atoms with E-state index < -0.39 is 21.7 Å². The Balaban J connectivity index is 1.94. The molecule has 0 bridgehead atoms. The lowest BCUT2D eigenvalue weighted by molar-refractivity contribution is -0.122. The van der Waals surface area contributed by atoms with Gasteiger partial charge in [0.25, 0.3) is 5.91 Å². The first-order valence-electron chi connectivity index (χ1n) is 7.47. The summed E-state index contributed by atoms with van der Waals surface area (Å²) in [5.41, 5.74) is 4.71. The van der Waals surface area contributed by atoms with Crippen LogP contribution in [0.25, 0.3) is 0 Å². The van der Waals surface area contributed by atoms with E-state index in [2.05, 4.69) is 10.9 Å². The Hall–Kier alpha value is -2.00. The first kappa shape index (κ1) is 19.3. The lowest BCUT2D eigenvalue weighted by Crippen LogP contribution is -2.42. The highest BCUT2D eigenvalue weighted by molar-refractivity contribution is 7.91. The predicted octanol–water partition coefficient (Wildman–Crippen LogP) is 0.943. The standard InChI is InChI=1S/C15H19ClN2O6S/c1-23-12-7-10(6-11(16)14(12)24-2)15(20)18-17-13(19)5-9-3-4-25(21,22)8-9/h6-7,9H,3-5,8H2,1-2H3,(H,17,19)(H,18,20)/t9-/m1/s1. The van der Waals surface area contributed by atoms with Crippen LogP contribution in [0.2, 0.25) is 5.02 Å². The van der Waals surface area contributed by atoms with Crippen molar-refractivity contribution in [1.29, 1.82) is 0 Å². The van der Waals surface area contributed by atoms with Gasteiger partial charge in [-0.15, -0.1) is 0 Å². The number of rotatable bonds is 5. The van der Waals surface area contributed by atoms with E-state index in [1.165, 1.54) is 26.4 Å². The third-order valence-corrected chi connectivity index (χ3v) is 5.93. The van der Waals surface area contributed by atoms with Crippen molar-refractivity contribution in [2.24, 2.45) is 5.92 Å². The summed E-state index contributed by atoms with van der Waals surface area (Å²) in [6.45, 7) is 0. The van der Waals surface area contributed by atoms with Crippen LogP contribution in [0.1, 0.15) is 23.2 Å². The second-order valence-corrected chi connectivity index (χ2v) is 8.30. The summed E-state index contributed by atoms with van der Waals surface area (Å²) in [6.07, 6.45) is 0.487. The maximum Gasteiger partial charge on any atom is 0.269 e. The van der Waals surface area contributed by atoms with Crippen molar-refractivity contribution in [2.75, 3.05) is 25.7 Å². The van der Waals surface area contributed by atoms with E-state index in [1.54, 1.807) is 0 Å². The molecule has 25 heavy (non-hydrogen) atoms. The van der Waals surface area contributed by atoms with Gasteiger partial charge in [0.15, 0.2) is 21.3 Å². The Labute approximate surface area is 150 Å². The average molecular weight is 391 g/mol. The molecule has 1 aromatic carbocycles. The van der Waals surface area contributed by atoms with Crippen LogP contribution in [-0.4, -0.2) is 46.0 Å². The maximum atomic E-state index is 12.1. The number of halogens is 1. The lowest BCUT2D eigenvalue weighted by Gasteiger charge is -2.13. The molecule has 0 radical (unpaired) electrons. The number of hydrogen-bond donors (Lipinski definition) is 2. The minimum atomic E-state index is -3.04. The number of ether oxygens (including phenoxy) is 2. The second kappa shape index (κ2) is 7.92. The zero-order valence-corrected chi connectivity index (χ0v) is 15.4. The summed E-state index contributed by atoms with van der Waals surface area (Å²) in [6, 6.07) is 2.81. The smallest absolute Gasteiger partial charge is 0.269 e. The number of nitrogens with one attached hydrogen (secondary N) is 2. The van der Waals surface area contributed by atoms with Crippen molar-refractivity contribution in [1.82, 2.24) is 10.9 Å². The molecule has 10 heteroatoms. The molecule has 0 saturated carbocycles. The second-order valence-electron chi connectivity index (χ2n) is 5.67. The normalized spacial score (nSPS) is 18.4. The number of sulfone groups is 1. The quantitative estimate of drug-likeness (QED) is 0.724. The molecule has 2 N–H and O–H groups in total. The highest BCUT2D eigenvalue weighted by Crippen LogP contribution is 2.35. The Morgan fingerprint density at radius 2 is 1.96 bits per heavy atom. The highest BCUT2D eigenvalue weighted by atomic mass is 35.5. The number of hydrazine groups is 1. The predicted molar refractivity (Wildman–Crippen MR) is 91.5 cm³/mol. The summed E-state index contributed by atoms with van der Waals surface area (Å²) >= 11 is 6.03. The first-order chi connectivity index (χ1) is 11.8. The zero-order valence-electron chi connectivity index (χ0n) is 13.8. The molecule has 138 valence electrons. The number of methoxy groups -OCH3 is 2. The molecule has 1 aliphatic rings. The summed E-state index contributed by atoms with van der Waals surface area (Å²) in [5, 5.41) is 0.189. The van der Waals surface area contributed by atoms with Crippen molar-refractivity contribution in [2.45, 2.75) is 12.8 Å². The fourth-order valence-electron chi connectivity index (χ4n) is 2.59. The van der Waals surface area contributed by atoms with Gasteiger partial charge in [-0.05, 0) is 24.5 Å². The molecule has 1 heterocycles. The van der Waals surface area contributed by atoms with Crippen LogP contribution < -0.4 is 20.3 Å². The van der Waals surface area contributed by atoms with E-state index in [1.807, 2.05) is 0 Å². The molecule has 1 atom stereocenters. The van der Waals surface area contributed by atoms with Crippen molar-refractivity contribution >= 4 is 33.3 Å². The van der Waals surface area contributed by atoms with E-state index in [0.29, 0.717) is 12.2 Å². The van der Waals surface area contributed by atoms with Crippen LogP contribution in [0.3, 0.4) is 0 Å². The molecule has 1 fully saturated rings. The Morgan fingerprint density at radius 1 is 1.24 bits per heavy atom. The molecule has 1 aliphatic heterocycles. The SMILES string of the molecule is COc1cc(C(=O)NNC(=O)C[C@H]2CCS(=O)(=O)C2)cc(Cl)c1OC. The Morgan fingerprint density at radius 3 is 2.52 bits per heavy atom. The molecule has 0 unspecified atom stereocenters. The Bertz CT molecular complexity index is 780. The number of carbonyl (C=O) groups is 2. The largest absolute Gasteiger partial charge is 0.493 e. The summed E-state index contributed by atoms with van der Waals surface area (Å²) in [5.74, 6) is -0.592. The molecule has 8 nitrogen and oxygen atoms in total. The van der Waals surface area contributed by atoms with Crippen molar-refractivity contribution in [3.63, 3.8) is 0 Å². The van der Waals surface area contributed by atoms with Crippen LogP contribution in [0, 0.1) is 5.92 Å². The Kier molecular flexibility index (Phi) is 6.12. The molecule has 2 rings (SSSR count). The van der Waals surface area contributed by atoms with Crippen molar-refractivity contribution in [3.05, 3.63) is 22.7 Å². The zero-order chi connectivity index (χ0) is 18.6. The van der Waals surface area contributed by atoms with Crippen LogP contribution in [0.5, 0.6) is 11.5 Å². The van der Waals surface area contributed by atoms with E-state index in [9.17, 15) is 18.0 Å². The molecule has 1 saturated heterocycles. The first-order valence-corrected chi connectivity index (χ1v) is 9.66. The van der Waals surface area contributed by atoms with Crippen molar-refractivity contribution < 1.29 is 27.5 Å². The third-order valence-electron chi connectivity index (χ3n) is 3.81. The van der Waals surface area contributed by atoms with Gasteiger partial charge in [0.1, 0.15) is 0 Å². The fraction of sp³-hybridized carbons (Fsp3) is 0.467. The van der Waals surface area contributed by atoms with Crippen LogP contribution in [-0.2, 0) is 14.6 Å². The number of benzene rings is 1.